The van der Waals surface area contributed by atoms with Gasteiger partial charge in [0.15, 0.2) is 11.6 Å². The zero-order valence-corrected chi connectivity index (χ0v) is 19.7. The Morgan fingerprint density at radius 1 is 1.06 bits per heavy atom. The maximum atomic E-state index is 13.1. The van der Waals surface area contributed by atoms with Crippen molar-refractivity contribution in [1.82, 2.24) is 19.3 Å². The van der Waals surface area contributed by atoms with Crippen LogP contribution in [0.1, 0.15) is 12.8 Å². The van der Waals surface area contributed by atoms with E-state index >= 15 is 0 Å². The average molecular weight is 524 g/mol. The van der Waals surface area contributed by atoms with E-state index in [4.69, 9.17) is 21.6 Å². The van der Waals surface area contributed by atoms with Gasteiger partial charge in [-0.1, -0.05) is 23.7 Å². The summed E-state index contributed by atoms with van der Waals surface area (Å²) in [6.07, 6.45) is 3.55. The van der Waals surface area contributed by atoms with Crippen LogP contribution in [-0.2, 0) is 10.0 Å². The van der Waals surface area contributed by atoms with E-state index in [1.54, 1.807) is 0 Å². The molecule has 0 radical (unpaired) electrons. The van der Waals surface area contributed by atoms with Gasteiger partial charge in [-0.3, -0.25) is 0 Å². The van der Waals surface area contributed by atoms with Gasteiger partial charge in [-0.15, -0.1) is 0 Å². The molecule has 1 aliphatic heterocycles. The molecule has 1 saturated carbocycles. The van der Waals surface area contributed by atoms with Crippen molar-refractivity contribution >= 4 is 60.2 Å². The Morgan fingerprint density at radius 3 is 2.39 bits per heavy atom. The lowest BCUT2D eigenvalue weighted by Crippen LogP contribution is -2.49. The fraction of sp³-hybridized carbons (Fsp3) is 0.350. The third-order valence-electron chi connectivity index (χ3n) is 5.42. The second kappa shape index (κ2) is 8.16. The van der Waals surface area contributed by atoms with Crippen molar-refractivity contribution in [3.63, 3.8) is 0 Å². The van der Waals surface area contributed by atoms with E-state index in [1.165, 1.54) is 16.6 Å². The van der Waals surface area contributed by atoms with Gasteiger partial charge in [0.25, 0.3) is 0 Å². The summed E-state index contributed by atoms with van der Waals surface area (Å²) >= 11 is 9.16. The summed E-state index contributed by atoms with van der Waals surface area (Å²) < 4.78 is 28.0. The highest BCUT2D eigenvalue weighted by Gasteiger charge is 2.31. The van der Waals surface area contributed by atoms with Crippen LogP contribution in [0.3, 0.4) is 0 Å². The number of pyridine rings is 1. The van der Waals surface area contributed by atoms with Crippen LogP contribution in [0, 0.1) is 0 Å². The fourth-order valence-corrected chi connectivity index (χ4v) is 5.56. The number of sulfonamides is 1. The van der Waals surface area contributed by atoms with Crippen LogP contribution >= 0.6 is 27.5 Å². The van der Waals surface area contributed by atoms with E-state index in [2.05, 4.69) is 31.1 Å². The van der Waals surface area contributed by atoms with Gasteiger partial charge >= 0.3 is 0 Å². The number of para-hydroxylation sites is 2. The first-order valence-corrected chi connectivity index (χ1v) is 12.6. The first-order valence-electron chi connectivity index (χ1n) is 10.0. The van der Waals surface area contributed by atoms with Crippen molar-refractivity contribution in [2.75, 3.05) is 36.4 Å². The number of nitrogens with one attached hydrogen (secondary N) is 1. The van der Waals surface area contributed by atoms with E-state index < -0.39 is 10.0 Å². The normalized spacial score (nSPS) is 17.8. The molecule has 0 amide bonds. The van der Waals surface area contributed by atoms with Gasteiger partial charge < -0.3 is 10.2 Å². The summed E-state index contributed by atoms with van der Waals surface area (Å²) in [6.45, 7) is 1.74. The van der Waals surface area contributed by atoms with Crippen LogP contribution in [0.25, 0.3) is 11.0 Å². The number of hydrogen-bond donors (Lipinski definition) is 1. The number of fused-ring (bicyclic) bond motifs is 1. The molecule has 2 aliphatic rings. The van der Waals surface area contributed by atoms with Crippen molar-refractivity contribution < 1.29 is 8.42 Å². The lowest BCUT2D eigenvalue weighted by molar-refractivity contribution is 0.384. The predicted molar refractivity (Wildman–Crippen MR) is 124 cm³/mol. The summed E-state index contributed by atoms with van der Waals surface area (Å²) in [5, 5.41) is 3.71. The minimum Gasteiger partial charge on any atom is -0.364 e. The minimum atomic E-state index is -3.66. The monoisotopic (exact) mass is 522 g/mol. The third kappa shape index (κ3) is 4.21. The maximum absolute atomic E-state index is 13.1. The Bertz CT molecular complexity index is 1250. The largest absolute Gasteiger partial charge is 0.364 e. The third-order valence-corrected chi connectivity index (χ3v) is 8.42. The van der Waals surface area contributed by atoms with E-state index in [0.717, 1.165) is 35.5 Å². The Labute approximate surface area is 193 Å². The van der Waals surface area contributed by atoms with Crippen LogP contribution in [0.15, 0.2) is 45.9 Å². The zero-order chi connectivity index (χ0) is 21.6. The standard InChI is InChI=1S/C20H20BrClN6O2S/c21-15-11-14(12-23-18(15)22)31(29,30)28-9-7-27(8-10-28)20-19(24-13-5-6-13)25-16-3-1-2-4-17(16)26-20/h1-4,11-13H,5-10H2,(H,24,25). The van der Waals surface area contributed by atoms with Gasteiger partial charge in [-0.2, -0.15) is 4.31 Å². The molecule has 2 aromatic heterocycles. The first-order chi connectivity index (χ1) is 14.9. The molecule has 0 unspecified atom stereocenters. The molecule has 1 N–H and O–H groups in total. The number of aromatic nitrogens is 3. The van der Waals surface area contributed by atoms with Crippen LogP contribution in [-0.4, -0.2) is 59.9 Å². The van der Waals surface area contributed by atoms with Gasteiger partial charge in [0, 0.05) is 38.4 Å². The molecule has 3 heterocycles. The summed E-state index contributed by atoms with van der Waals surface area (Å²) in [7, 11) is -3.66. The molecule has 0 atom stereocenters. The highest BCUT2D eigenvalue weighted by Crippen LogP contribution is 2.32. The number of benzene rings is 1. The molecule has 0 spiro atoms. The Morgan fingerprint density at radius 2 is 1.74 bits per heavy atom. The topological polar surface area (TPSA) is 91.3 Å². The van der Waals surface area contributed by atoms with E-state index in [1.807, 2.05) is 24.3 Å². The second-order valence-electron chi connectivity index (χ2n) is 7.64. The molecule has 8 nitrogen and oxygen atoms in total. The molecule has 1 aromatic carbocycles. The molecular formula is C20H20BrClN6O2S. The van der Waals surface area contributed by atoms with Crippen molar-refractivity contribution in [3.8, 4) is 0 Å². The number of hydrogen-bond acceptors (Lipinski definition) is 7. The number of halogens is 2. The smallest absolute Gasteiger partial charge is 0.244 e. The lowest BCUT2D eigenvalue weighted by atomic mass is 10.3. The number of nitrogens with zero attached hydrogens (tertiary/aromatic N) is 5. The predicted octanol–water partition coefficient (Wildman–Crippen LogP) is 3.53. The molecule has 31 heavy (non-hydrogen) atoms. The van der Waals surface area contributed by atoms with Gasteiger partial charge in [-0.05, 0) is 47.0 Å². The summed E-state index contributed by atoms with van der Waals surface area (Å²) in [5.41, 5.74) is 1.67. The van der Waals surface area contributed by atoms with Gasteiger partial charge in [-0.25, -0.2) is 23.4 Å². The number of rotatable bonds is 5. The highest BCUT2D eigenvalue weighted by atomic mass is 79.9. The fourth-order valence-electron chi connectivity index (χ4n) is 3.56. The second-order valence-corrected chi connectivity index (χ2v) is 10.8. The van der Waals surface area contributed by atoms with Crippen LogP contribution in [0.4, 0.5) is 11.6 Å². The Hall–Kier alpha value is -2.01. The molecular weight excluding hydrogens is 504 g/mol. The van der Waals surface area contributed by atoms with E-state index in [9.17, 15) is 8.42 Å². The van der Waals surface area contributed by atoms with Crippen molar-refractivity contribution in [2.24, 2.45) is 0 Å². The molecule has 3 aromatic rings. The van der Waals surface area contributed by atoms with Crippen molar-refractivity contribution in [3.05, 3.63) is 46.2 Å². The van der Waals surface area contributed by atoms with Gasteiger partial charge in [0.2, 0.25) is 10.0 Å². The van der Waals surface area contributed by atoms with Crippen LogP contribution in [0.5, 0.6) is 0 Å². The molecule has 1 aliphatic carbocycles. The summed E-state index contributed by atoms with van der Waals surface area (Å²) in [6, 6.07) is 9.71. The van der Waals surface area contributed by atoms with Crippen molar-refractivity contribution in [2.45, 2.75) is 23.8 Å². The molecule has 2 fully saturated rings. The SMILES string of the molecule is O=S(=O)(c1cnc(Cl)c(Br)c1)N1CCN(c2nc3ccccc3nc2NC2CC2)CC1. The first kappa shape index (κ1) is 20.9. The molecule has 5 rings (SSSR count). The van der Waals surface area contributed by atoms with E-state index in [-0.39, 0.29) is 10.0 Å². The average Bonchev–Trinajstić information content (AvgIpc) is 3.59. The highest BCUT2D eigenvalue weighted by molar-refractivity contribution is 9.10. The molecule has 1 saturated heterocycles. The lowest BCUT2D eigenvalue weighted by Gasteiger charge is -2.35. The minimum absolute atomic E-state index is 0.124. The van der Waals surface area contributed by atoms with Crippen LogP contribution < -0.4 is 10.2 Å². The molecule has 162 valence electrons. The number of piperazine rings is 1. The summed E-state index contributed by atoms with van der Waals surface area (Å²) in [4.78, 5) is 15.8. The Balaban J connectivity index is 1.38. The van der Waals surface area contributed by atoms with Crippen LogP contribution in [0.2, 0.25) is 5.15 Å². The Kier molecular flexibility index (Phi) is 5.49. The maximum Gasteiger partial charge on any atom is 0.244 e. The summed E-state index contributed by atoms with van der Waals surface area (Å²) in [5.74, 6) is 1.54. The molecule has 11 heteroatoms. The quantitative estimate of drug-likeness (QED) is 0.512. The number of anilines is 2. The molecule has 0 bridgehead atoms. The zero-order valence-electron chi connectivity index (χ0n) is 16.5. The van der Waals surface area contributed by atoms with Gasteiger partial charge in [0.1, 0.15) is 10.0 Å². The van der Waals surface area contributed by atoms with Crippen molar-refractivity contribution in [1.29, 1.82) is 0 Å². The van der Waals surface area contributed by atoms with E-state index in [0.29, 0.717) is 36.7 Å². The van der Waals surface area contributed by atoms with Gasteiger partial charge in [0.05, 0.1) is 15.5 Å².